The molecule has 1 fully saturated rings. The topological polar surface area (TPSA) is 70.2 Å². The van der Waals surface area contributed by atoms with Crippen LogP contribution in [0.25, 0.3) is 0 Å². The average molecular weight is 289 g/mol. The van der Waals surface area contributed by atoms with Crippen LogP contribution in [0.1, 0.15) is 39.0 Å². The number of benzene rings is 1. The number of anilines is 2. The highest BCUT2D eigenvalue weighted by Crippen LogP contribution is 2.17. The van der Waals surface area contributed by atoms with Crippen LogP contribution in [0.2, 0.25) is 0 Å². The van der Waals surface area contributed by atoms with Crippen molar-refractivity contribution in [2.45, 2.75) is 45.1 Å². The number of hydrogen-bond donors (Lipinski definition) is 3. The Morgan fingerprint density at radius 1 is 1.05 bits per heavy atom. The van der Waals surface area contributed by atoms with Gasteiger partial charge in [-0.05, 0) is 37.1 Å². The molecule has 0 unspecified atom stereocenters. The van der Waals surface area contributed by atoms with Crippen LogP contribution in [-0.4, -0.2) is 24.4 Å². The average Bonchev–Trinajstić information content (AvgIpc) is 2.93. The van der Waals surface area contributed by atoms with E-state index >= 15 is 0 Å². The SMILES string of the molecule is CC(=O)Nc1ccc(NC(=O)CCNC2CCCC2)cc1. The van der Waals surface area contributed by atoms with Gasteiger partial charge in [-0.1, -0.05) is 12.8 Å². The summed E-state index contributed by atoms with van der Waals surface area (Å²) in [7, 11) is 0. The molecule has 114 valence electrons. The third kappa shape index (κ3) is 5.55. The third-order valence-electron chi connectivity index (χ3n) is 3.63. The first kappa shape index (κ1) is 15.5. The van der Waals surface area contributed by atoms with Gasteiger partial charge < -0.3 is 16.0 Å². The maximum absolute atomic E-state index is 11.8. The smallest absolute Gasteiger partial charge is 0.225 e. The molecule has 0 spiro atoms. The Balaban J connectivity index is 1.70. The number of carbonyl (C=O) groups is 2. The minimum absolute atomic E-state index is 0.00720. The molecule has 1 aromatic carbocycles. The van der Waals surface area contributed by atoms with Crippen molar-refractivity contribution >= 4 is 23.2 Å². The van der Waals surface area contributed by atoms with E-state index in [-0.39, 0.29) is 11.8 Å². The van der Waals surface area contributed by atoms with Crippen LogP contribution in [0.15, 0.2) is 24.3 Å². The number of amides is 2. The van der Waals surface area contributed by atoms with E-state index in [1.165, 1.54) is 32.6 Å². The Bertz CT molecular complexity index is 479. The van der Waals surface area contributed by atoms with Crippen LogP contribution in [-0.2, 0) is 9.59 Å². The molecular weight excluding hydrogens is 266 g/mol. The molecule has 1 saturated carbocycles. The monoisotopic (exact) mass is 289 g/mol. The van der Waals surface area contributed by atoms with Gasteiger partial charge in [0.25, 0.3) is 0 Å². The molecule has 0 aromatic heterocycles. The fourth-order valence-corrected chi connectivity index (χ4v) is 2.58. The van der Waals surface area contributed by atoms with E-state index in [2.05, 4.69) is 16.0 Å². The lowest BCUT2D eigenvalue weighted by Crippen LogP contribution is -2.29. The van der Waals surface area contributed by atoms with Crippen molar-refractivity contribution in [3.05, 3.63) is 24.3 Å². The highest BCUT2D eigenvalue weighted by atomic mass is 16.2. The Hall–Kier alpha value is -1.88. The number of carbonyl (C=O) groups excluding carboxylic acids is 2. The molecule has 0 saturated heterocycles. The van der Waals surface area contributed by atoms with Gasteiger partial charge >= 0.3 is 0 Å². The van der Waals surface area contributed by atoms with Gasteiger partial charge in [-0.15, -0.1) is 0 Å². The van der Waals surface area contributed by atoms with Crippen LogP contribution < -0.4 is 16.0 Å². The zero-order chi connectivity index (χ0) is 15.1. The second-order valence-electron chi connectivity index (χ2n) is 5.49. The maximum atomic E-state index is 11.8. The van der Waals surface area contributed by atoms with Gasteiger partial charge in [-0.3, -0.25) is 9.59 Å². The van der Waals surface area contributed by atoms with Gasteiger partial charge in [0, 0.05) is 37.3 Å². The largest absolute Gasteiger partial charge is 0.326 e. The van der Waals surface area contributed by atoms with Crippen molar-refractivity contribution in [2.24, 2.45) is 0 Å². The number of rotatable bonds is 6. The number of hydrogen-bond acceptors (Lipinski definition) is 3. The van der Waals surface area contributed by atoms with Gasteiger partial charge in [0.05, 0.1) is 0 Å². The van der Waals surface area contributed by atoms with Crippen LogP contribution in [0.3, 0.4) is 0 Å². The minimum Gasteiger partial charge on any atom is -0.326 e. The predicted octanol–water partition coefficient (Wildman–Crippen LogP) is 2.51. The fourth-order valence-electron chi connectivity index (χ4n) is 2.58. The summed E-state index contributed by atoms with van der Waals surface area (Å²) in [5.74, 6) is -0.0995. The molecule has 1 aliphatic carbocycles. The van der Waals surface area contributed by atoms with Crippen molar-refractivity contribution in [1.29, 1.82) is 0 Å². The molecule has 5 nitrogen and oxygen atoms in total. The van der Waals surface area contributed by atoms with Gasteiger partial charge in [0.15, 0.2) is 0 Å². The molecule has 21 heavy (non-hydrogen) atoms. The first-order chi connectivity index (χ1) is 10.1. The van der Waals surface area contributed by atoms with Gasteiger partial charge in [-0.25, -0.2) is 0 Å². The summed E-state index contributed by atoms with van der Waals surface area (Å²) in [5.41, 5.74) is 1.47. The van der Waals surface area contributed by atoms with Gasteiger partial charge in [-0.2, -0.15) is 0 Å². The van der Waals surface area contributed by atoms with Crippen LogP contribution in [0, 0.1) is 0 Å². The highest BCUT2D eigenvalue weighted by molar-refractivity contribution is 5.92. The van der Waals surface area contributed by atoms with E-state index in [0.29, 0.717) is 12.5 Å². The molecule has 0 bridgehead atoms. The molecule has 0 aliphatic heterocycles. The Morgan fingerprint density at radius 3 is 2.19 bits per heavy atom. The van der Waals surface area contributed by atoms with E-state index in [1.807, 2.05) is 0 Å². The quantitative estimate of drug-likeness (QED) is 0.753. The lowest BCUT2D eigenvalue weighted by Gasteiger charge is -2.11. The lowest BCUT2D eigenvalue weighted by atomic mass is 10.2. The fraction of sp³-hybridized carbons (Fsp3) is 0.500. The molecule has 1 aromatic rings. The Labute approximate surface area is 125 Å². The van der Waals surface area contributed by atoms with Crippen molar-refractivity contribution in [2.75, 3.05) is 17.2 Å². The molecule has 2 amide bonds. The lowest BCUT2D eigenvalue weighted by molar-refractivity contribution is -0.116. The molecule has 0 atom stereocenters. The number of nitrogens with one attached hydrogen (secondary N) is 3. The van der Waals surface area contributed by atoms with Gasteiger partial charge in [0.1, 0.15) is 0 Å². The summed E-state index contributed by atoms with van der Waals surface area (Å²) in [6.07, 6.45) is 5.53. The molecule has 1 aliphatic rings. The summed E-state index contributed by atoms with van der Waals surface area (Å²) in [5, 5.41) is 8.97. The third-order valence-corrected chi connectivity index (χ3v) is 3.63. The van der Waals surface area contributed by atoms with E-state index in [1.54, 1.807) is 24.3 Å². The maximum Gasteiger partial charge on any atom is 0.225 e. The second-order valence-corrected chi connectivity index (χ2v) is 5.49. The Morgan fingerprint density at radius 2 is 1.62 bits per heavy atom. The van der Waals surface area contributed by atoms with E-state index in [4.69, 9.17) is 0 Å². The zero-order valence-electron chi connectivity index (χ0n) is 12.4. The second kappa shape index (κ2) is 7.78. The van der Waals surface area contributed by atoms with Crippen LogP contribution in [0.4, 0.5) is 11.4 Å². The molecule has 5 heteroatoms. The van der Waals surface area contributed by atoms with Crippen molar-refractivity contribution in [1.82, 2.24) is 5.32 Å². The summed E-state index contributed by atoms with van der Waals surface area (Å²) in [6.45, 7) is 2.19. The van der Waals surface area contributed by atoms with Crippen LogP contribution in [0.5, 0.6) is 0 Å². The summed E-state index contributed by atoms with van der Waals surface area (Å²) < 4.78 is 0. The van der Waals surface area contributed by atoms with Crippen LogP contribution >= 0.6 is 0 Å². The summed E-state index contributed by atoms with van der Waals surface area (Å²) in [6, 6.07) is 7.71. The molecular formula is C16H23N3O2. The predicted molar refractivity (Wildman–Crippen MR) is 84.3 cm³/mol. The zero-order valence-corrected chi connectivity index (χ0v) is 12.4. The first-order valence-electron chi connectivity index (χ1n) is 7.54. The molecule has 0 heterocycles. The summed E-state index contributed by atoms with van der Waals surface area (Å²) in [4.78, 5) is 22.7. The first-order valence-corrected chi connectivity index (χ1v) is 7.54. The molecule has 3 N–H and O–H groups in total. The van der Waals surface area contributed by atoms with Gasteiger partial charge in [0.2, 0.25) is 11.8 Å². The van der Waals surface area contributed by atoms with Crippen molar-refractivity contribution in [3.8, 4) is 0 Å². The minimum atomic E-state index is -0.107. The molecule has 0 radical (unpaired) electrons. The van der Waals surface area contributed by atoms with Crippen molar-refractivity contribution in [3.63, 3.8) is 0 Å². The standard InChI is InChI=1S/C16H23N3O2/c1-12(20)18-14-6-8-15(9-7-14)19-16(21)10-11-17-13-4-2-3-5-13/h6-9,13,17H,2-5,10-11H2,1H3,(H,18,20)(H,19,21). The molecule has 2 rings (SSSR count). The Kier molecular flexibility index (Phi) is 5.75. The van der Waals surface area contributed by atoms with Crippen molar-refractivity contribution < 1.29 is 9.59 Å². The highest BCUT2D eigenvalue weighted by Gasteiger charge is 2.14. The van der Waals surface area contributed by atoms with E-state index in [9.17, 15) is 9.59 Å². The summed E-state index contributed by atoms with van der Waals surface area (Å²) >= 11 is 0. The normalized spacial score (nSPS) is 14.9. The van der Waals surface area contributed by atoms with E-state index < -0.39 is 0 Å². The van der Waals surface area contributed by atoms with E-state index in [0.717, 1.165) is 17.9 Å².